The Labute approximate surface area is 157 Å². The van der Waals surface area contributed by atoms with Crippen LogP contribution in [0.4, 0.5) is 17.6 Å². The van der Waals surface area contributed by atoms with E-state index >= 15 is 0 Å². The van der Waals surface area contributed by atoms with Gasteiger partial charge in [0.15, 0.2) is 5.60 Å². The van der Waals surface area contributed by atoms with Crippen molar-refractivity contribution in [3.05, 3.63) is 59.2 Å². The molecule has 3 aromatic rings. The minimum Gasteiger partial charge on any atom is -0.376 e. The maximum absolute atomic E-state index is 14.9. The van der Waals surface area contributed by atoms with Crippen molar-refractivity contribution in [3.63, 3.8) is 0 Å². The van der Waals surface area contributed by atoms with Gasteiger partial charge in [0, 0.05) is 35.5 Å². The van der Waals surface area contributed by atoms with E-state index in [2.05, 4.69) is 15.2 Å². The van der Waals surface area contributed by atoms with E-state index in [1.165, 1.54) is 12.3 Å². The van der Waals surface area contributed by atoms with Crippen LogP contribution in [0.15, 0.2) is 30.6 Å². The Morgan fingerprint density at radius 2 is 1.82 bits per heavy atom. The number of hydrogen-bond donors (Lipinski definition) is 1. The molecule has 9 heteroatoms. The fourth-order valence-corrected chi connectivity index (χ4v) is 3.38. The molecule has 4 rings (SSSR count). The average Bonchev–Trinajstić information content (AvgIpc) is 3.02. The van der Waals surface area contributed by atoms with Gasteiger partial charge in [-0.15, -0.1) is 10.2 Å². The highest BCUT2D eigenvalue weighted by Gasteiger charge is 2.51. The first kappa shape index (κ1) is 18.5. The number of nitrogens with zero attached hydrogens (tertiary/aromatic N) is 4. The zero-order valence-corrected chi connectivity index (χ0v) is 15.0. The summed E-state index contributed by atoms with van der Waals surface area (Å²) in [6.07, 6.45) is -1.45. The third-order valence-electron chi connectivity index (χ3n) is 5.08. The van der Waals surface area contributed by atoms with Gasteiger partial charge in [-0.05, 0) is 44.0 Å². The molecule has 5 nitrogen and oxygen atoms in total. The number of benzene rings is 1. The Morgan fingerprint density at radius 3 is 2.54 bits per heavy atom. The van der Waals surface area contributed by atoms with E-state index in [9.17, 15) is 22.7 Å². The monoisotopic (exact) mass is 392 g/mol. The molecule has 0 radical (unpaired) electrons. The van der Waals surface area contributed by atoms with E-state index in [-0.39, 0.29) is 11.1 Å². The first-order valence-corrected chi connectivity index (χ1v) is 8.58. The largest absolute Gasteiger partial charge is 0.421 e. The van der Waals surface area contributed by atoms with Crippen LogP contribution in [0.3, 0.4) is 0 Å². The summed E-state index contributed by atoms with van der Waals surface area (Å²) < 4.78 is 56.1. The average molecular weight is 392 g/mol. The second-order valence-corrected chi connectivity index (χ2v) is 6.99. The summed E-state index contributed by atoms with van der Waals surface area (Å²) in [7, 11) is 0. The van der Waals surface area contributed by atoms with E-state index in [4.69, 9.17) is 0 Å². The molecule has 0 saturated heterocycles. The summed E-state index contributed by atoms with van der Waals surface area (Å²) in [5.74, 6) is 0.764. The molecule has 1 aromatic carbocycles. The number of hydrogen-bond acceptors (Lipinski definition) is 4. The molecule has 0 fully saturated rings. The molecule has 1 aliphatic heterocycles. The minimum atomic E-state index is -4.88. The molecule has 3 heterocycles. The summed E-state index contributed by atoms with van der Waals surface area (Å²) in [6, 6.07) is 4.05. The summed E-state index contributed by atoms with van der Waals surface area (Å²) in [6.45, 7) is 2.41. The second kappa shape index (κ2) is 6.10. The van der Waals surface area contributed by atoms with Crippen LogP contribution >= 0.6 is 0 Å². The Bertz CT molecular complexity index is 1070. The Morgan fingerprint density at radius 1 is 1.07 bits per heavy atom. The van der Waals surface area contributed by atoms with Crippen molar-refractivity contribution in [1.82, 2.24) is 19.7 Å². The van der Waals surface area contributed by atoms with Gasteiger partial charge >= 0.3 is 6.18 Å². The maximum Gasteiger partial charge on any atom is 0.421 e. The van der Waals surface area contributed by atoms with Gasteiger partial charge in [0.25, 0.3) is 0 Å². The van der Waals surface area contributed by atoms with Gasteiger partial charge in [0.05, 0.1) is 5.69 Å². The van der Waals surface area contributed by atoms with Gasteiger partial charge in [-0.1, -0.05) is 0 Å². The topological polar surface area (TPSA) is 63.8 Å². The number of aromatic nitrogens is 4. The van der Waals surface area contributed by atoms with Crippen LogP contribution in [0.5, 0.6) is 0 Å². The zero-order chi connectivity index (χ0) is 20.3. The lowest BCUT2D eigenvalue weighted by Gasteiger charge is -2.26. The quantitative estimate of drug-likeness (QED) is 0.677. The fourth-order valence-electron chi connectivity index (χ4n) is 3.38. The van der Waals surface area contributed by atoms with Gasteiger partial charge in [-0.3, -0.25) is 9.55 Å². The second-order valence-electron chi connectivity index (χ2n) is 6.99. The number of fused-ring (bicyclic) bond motifs is 3. The molecule has 1 atom stereocenters. The van der Waals surface area contributed by atoms with Crippen LogP contribution in [0.2, 0.25) is 0 Å². The number of pyridine rings is 1. The predicted molar refractivity (Wildman–Crippen MR) is 92.3 cm³/mol. The fraction of sp³-hybridized carbons (Fsp3) is 0.316. The summed E-state index contributed by atoms with van der Waals surface area (Å²) in [5, 5.41) is 18.0. The maximum atomic E-state index is 14.9. The van der Waals surface area contributed by atoms with E-state index in [0.29, 0.717) is 31.3 Å². The van der Waals surface area contributed by atoms with Gasteiger partial charge in [0.1, 0.15) is 17.5 Å². The molecule has 0 saturated carbocycles. The van der Waals surface area contributed by atoms with Gasteiger partial charge < -0.3 is 5.11 Å². The van der Waals surface area contributed by atoms with Crippen molar-refractivity contribution in [2.45, 2.75) is 38.5 Å². The Kier molecular flexibility index (Phi) is 4.04. The van der Waals surface area contributed by atoms with Crippen LogP contribution in [-0.4, -0.2) is 31.0 Å². The molecule has 2 aromatic heterocycles. The van der Waals surface area contributed by atoms with Crippen molar-refractivity contribution in [1.29, 1.82) is 0 Å². The predicted octanol–water partition coefficient (Wildman–Crippen LogP) is 3.65. The number of aryl methyl sites for hydroxylation is 3. The molecule has 28 heavy (non-hydrogen) atoms. The first-order valence-electron chi connectivity index (χ1n) is 8.58. The number of halogens is 4. The van der Waals surface area contributed by atoms with E-state index < -0.39 is 23.2 Å². The molecule has 1 aliphatic rings. The molecule has 146 valence electrons. The van der Waals surface area contributed by atoms with Crippen molar-refractivity contribution < 1.29 is 22.7 Å². The molecule has 0 bridgehead atoms. The van der Waals surface area contributed by atoms with Crippen molar-refractivity contribution in [2.24, 2.45) is 0 Å². The van der Waals surface area contributed by atoms with E-state index in [1.54, 1.807) is 17.6 Å². The smallest absolute Gasteiger partial charge is 0.376 e. The SMILES string of the molecule is Cc1nnc2n1-c1cc(F)c(-c3cncc([C@](C)(O)C(F)(F)F)c3)cc1CC2. The van der Waals surface area contributed by atoms with Crippen LogP contribution in [0.1, 0.15) is 29.7 Å². The highest BCUT2D eigenvalue weighted by Crippen LogP contribution is 2.40. The summed E-state index contributed by atoms with van der Waals surface area (Å²) in [5.41, 5.74) is -1.80. The minimum absolute atomic E-state index is 0.125. The Hall–Kier alpha value is -2.81. The molecule has 0 unspecified atom stereocenters. The van der Waals surface area contributed by atoms with Crippen molar-refractivity contribution in [2.75, 3.05) is 0 Å². The third-order valence-corrected chi connectivity index (χ3v) is 5.08. The van der Waals surface area contributed by atoms with Gasteiger partial charge in [0.2, 0.25) is 0 Å². The van der Waals surface area contributed by atoms with Crippen LogP contribution < -0.4 is 0 Å². The molecular weight excluding hydrogens is 376 g/mol. The van der Waals surface area contributed by atoms with E-state index in [0.717, 1.165) is 23.7 Å². The van der Waals surface area contributed by atoms with Gasteiger partial charge in [-0.2, -0.15) is 13.2 Å². The zero-order valence-electron chi connectivity index (χ0n) is 15.0. The van der Waals surface area contributed by atoms with Crippen molar-refractivity contribution in [3.8, 4) is 16.8 Å². The normalized spacial score (nSPS) is 15.7. The number of aliphatic hydroxyl groups is 1. The molecule has 1 N–H and O–H groups in total. The number of rotatable bonds is 2. The lowest BCUT2D eigenvalue weighted by atomic mass is 9.92. The van der Waals surface area contributed by atoms with Gasteiger partial charge in [-0.25, -0.2) is 4.39 Å². The molecule has 0 amide bonds. The van der Waals surface area contributed by atoms with Crippen LogP contribution in [0.25, 0.3) is 16.8 Å². The van der Waals surface area contributed by atoms with E-state index in [1.807, 2.05) is 0 Å². The lowest BCUT2D eigenvalue weighted by Crippen LogP contribution is -2.39. The third kappa shape index (κ3) is 2.77. The standard InChI is InChI=1S/C19H16F4N4O/c1-10-25-26-17-4-3-11-6-14(15(20)7-16(11)27(10)17)12-5-13(9-24-8-12)18(2,28)19(21,22)23/h5-9,28H,3-4H2,1-2H3/t18-/m0/s1. The summed E-state index contributed by atoms with van der Waals surface area (Å²) >= 11 is 0. The Balaban J connectivity index is 1.82. The highest BCUT2D eigenvalue weighted by molar-refractivity contribution is 5.68. The van der Waals surface area contributed by atoms with Crippen LogP contribution in [-0.2, 0) is 18.4 Å². The lowest BCUT2D eigenvalue weighted by molar-refractivity contribution is -0.259. The first-order chi connectivity index (χ1) is 13.1. The molecule has 0 aliphatic carbocycles. The van der Waals surface area contributed by atoms with Crippen molar-refractivity contribution >= 4 is 0 Å². The summed E-state index contributed by atoms with van der Waals surface area (Å²) in [4.78, 5) is 3.78. The number of alkyl halides is 3. The highest BCUT2D eigenvalue weighted by atomic mass is 19.4. The molecular formula is C19H16F4N4O. The molecule has 0 spiro atoms. The van der Waals surface area contributed by atoms with Crippen LogP contribution in [0, 0.1) is 12.7 Å².